The molecule has 10 heavy (non-hydrogen) atoms. The first-order valence-corrected chi connectivity index (χ1v) is 2.80. The smallest absolute Gasteiger partial charge is 0.320 e. The molecule has 0 aromatic rings. The molecule has 0 saturated heterocycles. The van der Waals surface area contributed by atoms with Gasteiger partial charge in [0.05, 0.1) is 0 Å². The van der Waals surface area contributed by atoms with Gasteiger partial charge in [0.25, 0.3) is 0 Å². The molecule has 0 aliphatic carbocycles. The molecule has 0 radical (unpaired) electrons. The van der Waals surface area contributed by atoms with Crippen LogP contribution >= 0.6 is 0 Å². The summed E-state index contributed by atoms with van der Waals surface area (Å²) in [6, 6.07) is -0.979. The number of carbonyl (C=O) groups is 2. The first-order chi connectivity index (χ1) is 4.54. The normalized spacial score (nSPS) is 12.5. The van der Waals surface area contributed by atoms with Crippen molar-refractivity contribution in [3.63, 3.8) is 0 Å². The average molecular weight is 147 g/mol. The molecule has 0 rings (SSSR count). The van der Waals surface area contributed by atoms with Crippen LogP contribution in [0.4, 0.5) is 0 Å². The SMILES string of the molecule is NC(=O)CC[C@H](N)[13C](=O)O. The van der Waals surface area contributed by atoms with E-state index in [1.165, 1.54) is 0 Å². The van der Waals surface area contributed by atoms with E-state index in [0.717, 1.165) is 0 Å². The lowest BCUT2D eigenvalue weighted by atomic mass is 10.2. The molecule has 0 spiro atoms. The number of primary amides is 1. The van der Waals surface area contributed by atoms with Crippen LogP contribution in [-0.4, -0.2) is 23.0 Å². The van der Waals surface area contributed by atoms with Crippen molar-refractivity contribution in [2.45, 2.75) is 18.9 Å². The molecule has 0 saturated carbocycles. The third kappa shape index (κ3) is 3.85. The van der Waals surface area contributed by atoms with Crippen LogP contribution in [0.2, 0.25) is 0 Å². The number of amides is 1. The number of nitrogens with two attached hydrogens (primary N) is 2. The fraction of sp³-hybridized carbons (Fsp3) is 0.600. The first kappa shape index (κ1) is 8.90. The molecule has 0 bridgehead atoms. The van der Waals surface area contributed by atoms with Gasteiger partial charge >= 0.3 is 5.97 Å². The second kappa shape index (κ2) is 3.84. The number of hydrogen-bond donors (Lipinski definition) is 3. The Kier molecular flexibility index (Phi) is 3.42. The highest BCUT2D eigenvalue weighted by Gasteiger charge is 2.11. The number of carboxylic acids is 1. The van der Waals surface area contributed by atoms with E-state index in [1.54, 1.807) is 0 Å². The Morgan fingerprint density at radius 1 is 1.50 bits per heavy atom. The Labute approximate surface area is 58.0 Å². The van der Waals surface area contributed by atoms with E-state index < -0.39 is 17.9 Å². The number of carboxylic acid groups (broad SMARTS) is 1. The van der Waals surface area contributed by atoms with Crippen LogP contribution in [0.3, 0.4) is 0 Å². The van der Waals surface area contributed by atoms with Gasteiger partial charge in [-0.15, -0.1) is 0 Å². The van der Waals surface area contributed by atoms with E-state index >= 15 is 0 Å². The summed E-state index contributed by atoms with van der Waals surface area (Å²) in [6.45, 7) is 0. The molecular formula is C5H10N2O3. The van der Waals surface area contributed by atoms with Crippen LogP contribution in [0.25, 0.3) is 0 Å². The van der Waals surface area contributed by atoms with Crippen molar-refractivity contribution in [1.29, 1.82) is 0 Å². The summed E-state index contributed by atoms with van der Waals surface area (Å²) < 4.78 is 0. The zero-order chi connectivity index (χ0) is 8.15. The second-order valence-electron chi connectivity index (χ2n) is 1.95. The third-order valence-electron chi connectivity index (χ3n) is 1.02. The summed E-state index contributed by atoms with van der Waals surface area (Å²) in [5, 5.41) is 8.22. The summed E-state index contributed by atoms with van der Waals surface area (Å²) in [4.78, 5) is 20.1. The summed E-state index contributed by atoms with van der Waals surface area (Å²) in [6.07, 6.45) is 0.123. The van der Waals surface area contributed by atoms with E-state index in [4.69, 9.17) is 16.6 Å². The van der Waals surface area contributed by atoms with Crippen molar-refractivity contribution < 1.29 is 14.7 Å². The van der Waals surface area contributed by atoms with Crippen molar-refractivity contribution in [1.82, 2.24) is 0 Å². The van der Waals surface area contributed by atoms with Crippen LogP contribution in [0.1, 0.15) is 12.8 Å². The lowest BCUT2D eigenvalue weighted by Gasteiger charge is -2.01. The van der Waals surface area contributed by atoms with Gasteiger partial charge in [-0.3, -0.25) is 9.59 Å². The fourth-order valence-corrected chi connectivity index (χ4v) is 0.421. The minimum atomic E-state index is -1.11. The van der Waals surface area contributed by atoms with E-state index in [-0.39, 0.29) is 12.8 Å². The van der Waals surface area contributed by atoms with Crippen LogP contribution in [0.15, 0.2) is 0 Å². The highest BCUT2D eigenvalue weighted by Crippen LogP contribution is 1.92. The van der Waals surface area contributed by atoms with E-state index in [2.05, 4.69) is 0 Å². The monoisotopic (exact) mass is 147 g/mol. The fourth-order valence-electron chi connectivity index (χ4n) is 0.421. The van der Waals surface area contributed by atoms with Gasteiger partial charge in [0.15, 0.2) is 0 Å². The van der Waals surface area contributed by atoms with Crippen molar-refractivity contribution in [2.24, 2.45) is 11.5 Å². The minimum absolute atomic E-state index is 0.0213. The first-order valence-electron chi connectivity index (χ1n) is 2.80. The molecule has 5 heteroatoms. The average Bonchev–Trinajstić information content (AvgIpc) is 1.82. The number of rotatable bonds is 4. The van der Waals surface area contributed by atoms with Crippen LogP contribution < -0.4 is 11.5 Å². The van der Waals surface area contributed by atoms with Gasteiger partial charge in [-0.1, -0.05) is 0 Å². The number of hydrogen-bond acceptors (Lipinski definition) is 3. The highest BCUT2D eigenvalue weighted by molar-refractivity contribution is 5.76. The van der Waals surface area contributed by atoms with Gasteiger partial charge in [0.2, 0.25) is 5.91 Å². The predicted octanol–water partition coefficient (Wildman–Crippen LogP) is -1.34. The van der Waals surface area contributed by atoms with E-state index in [0.29, 0.717) is 0 Å². The molecule has 5 N–H and O–H groups in total. The Balaban J connectivity index is 3.49. The van der Waals surface area contributed by atoms with Gasteiger partial charge in [-0.05, 0) is 6.42 Å². The molecule has 0 heterocycles. The van der Waals surface area contributed by atoms with Gasteiger partial charge < -0.3 is 16.6 Å². The topological polar surface area (TPSA) is 106 Å². The molecular weight excluding hydrogens is 137 g/mol. The molecule has 0 fully saturated rings. The summed E-state index contributed by atoms with van der Waals surface area (Å²) in [5.41, 5.74) is 9.81. The Bertz CT molecular complexity index is 146. The predicted molar refractivity (Wildman–Crippen MR) is 34.0 cm³/mol. The van der Waals surface area contributed by atoms with Crippen LogP contribution in [0, 0.1) is 0 Å². The molecule has 0 aliphatic rings. The lowest BCUT2D eigenvalue weighted by Crippen LogP contribution is -2.31. The molecule has 0 unspecified atom stereocenters. The van der Waals surface area contributed by atoms with Gasteiger partial charge in [0, 0.05) is 6.42 Å². The van der Waals surface area contributed by atoms with Crippen LogP contribution in [-0.2, 0) is 9.59 Å². The number of carbonyl (C=O) groups excluding carboxylic acids is 1. The standard InChI is InChI=1S/C5H10N2O3/c6-3(5(9)10)1-2-4(7)8/h3H,1-2,6H2,(H2,7,8)(H,9,10)/t3-/m0/s1/i5+1. The molecule has 1 amide bonds. The van der Waals surface area contributed by atoms with Gasteiger partial charge in [-0.2, -0.15) is 0 Å². The molecule has 58 valence electrons. The highest BCUT2D eigenvalue weighted by atomic mass is 16.5. The van der Waals surface area contributed by atoms with Crippen molar-refractivity contribution in [3.8, 4) is 0 Å². The Morgan fingerprint density at radius 3 is 2.30 bits per heavy atom. The largest absolute Gasteiger partial charge is 0.480 e. The Morgan fingerprint density at radius 2 is 2.00 bits per heavy atom. The number of aliphatic carboxylic acids is 1. The van der Waals surface area contributed by atoms with Crippen molar-refractivity contribution in [2.75, 3.05) is 0 Å². The quantitative estimate of drug-likeness (QED) is 0.428. The molecule has 5 nitrogen and oxygen atoms in total. The maximum atomic E-state index is 10.1. The zero-order valence-electron chi connectivity index (χ0n) is 5.41. The second-order valence-corrected chi connectivity index (χ2v) is 1.95. The maximum Gasteiger partial charge on any atom is 0.320 e. The maximum absolute atomic E-state index is 10.1. The minimum Gasteiger partial charge on any atom is -0.480 e. The summed E-state index contributed by atoms with van der Waals surface area (Å²) in [5.74, 6) is -1.64. The van der Waals surface area contributed by atoms with Crippen molar-refractivity contribution in [3.05, 3.63) is 0 Å². The molecule has 1 atom stereocenters. The van der Waals surface area contributed by atoms with Gasteiger partial charge in [0.1, 0.15) is 6.04 Å². The lowest BCUT2D eigenvalue weighted by molar-refractivity contribution is -0.138. The molecule has 0 aliphatic heterocycles. The van der Waals surface area contributed by atoms with Gasteiger partial charge in [-0.25, -0.2) is 0 Å². The molecule has 0 aromatic carbocycles. The molecule has 0 aromatic heterocycles. The third-order valence-corrected chi connectivity index (χ3v) is 1.02. The zero-order valence-corrected chi connectivity index (χ0v) is 5.41. The van der Waals surface area contributed by atoms with E-state index in [9.17, 15) is 9.59 Å². The van der Waals surface area contributed by atoms with E-state index in [1.807, 2.05) is 0 Å². The van der Waals surface area contributed by atoms with Crippen LogP contribution in [0.5, 0.6) is 0 Å². The van der Waals surface area contributed by atoms with Crippen molar-refractivity contribution >= 4 is 11.9 Å². The Hall–Kier alpha value is -1.10. The summed E-state index contributed by atoms with van der Waals surface area (Å²) in [7, 11) is 0. The summed E-state index contributed by atoms with van der Waals surface area (Å²) >= 11 is 0.